The summed E-state index contributed by atoms with van der Waals surface area (Å²) in [5, 5.41) is 2.91. The van der Waals surface area contributed by atoms with E-state index in [0.717, 1.165) is 12.2 Å². The number of anilines is 2. The zero-order chi connectivity index (χ0) is 16.0. The van der Waals surface area contributed by atoms with Crippen molar-refractivity contribution in [2.45, 2.75) is 59.0 Å². The Kier molecular flexibility index (Phi) is 6.21. The third kappa shape index (κ3) is 6.17. The first-order chi connectivity index (χ1) is 9.73. The summed E-state index contributed by atoms with van der Waals surface area (Å²) in [7, 11) is 0. The van der Waals surface area contributed by atoms with Crippen LogP contribution in [0.2, 0.25) is 0 Å². The number of amides is 1. The van der Waals surface area contributed by atoms with Crippen LogP contribution in [0.25, 0.3) is 0 Å². The molecule has 0 radical (unpaired) electrons. The second kappa shape index (κ2) is 7.46. The normalized spacial score (nSPS) is 11.6. The lowest BCUT2D eigenvalue weighted by atomic mass is 10.00. The second-order valence-corrected chi connectivity index (χ2v) is 6.46. The number of hydrogen-bond acceptors (Lipinski definition) is 3. The third-order valence-electron chi connectivity index (χ3n) is 3.44. The van der Waals surface area contributed by atoms with Crippen molar-refractivity contribution >= 4 is 17.3 Å². The van der Waals surface area contributed by atoms with E-state index in [9.17, 15) is 4.79 Å². The van der Waals surface area contributed by atoms with Gasteiger partial charge in [-0.3, -0.25) is 4.79 Å². The van der Waals surface area contributed by atoms with Gasteiger partial charge in [0.15, 0.2) is 0 Å². The molecule has 1 aromatic carbocycles. The Morgan fingerprint density at radius 3 is 2.29 bits per heavy atom. The molecule has 0 aliphatic heterocycles. The molecule has 3 N–H and O–H groups in total. The number of benzene rings is 1. The summed E-state index contributed by atoms with van der Waals surface area (Å²) in [4.78, 5) is 14.2. The van der Waals surface area contributed by atoms with Crippen LogP contribution in [0.15, 0.2) is 24.3 Å². The maximum absolute atomic E-state index is 11.9. The van der Waals surface area contributed by atoms with E-state index >= 15 is 0 Å². The fourth-order valence-electron chi connectivity index (χ4n) is 2.24. The van der Waals surface area contributed by atoms with E-state index in [-0.39, 0.29) is 11.4 Å². The minimum Gasteiger partial charge on any atom is -0.369 e. The molecular formula is C17H29N3O. The predicted octanol–water partition coefficient (Wildman–Crippen LogP) is 3.38. The van der Waals surface area contributed by atoms with Gasteiger partial charge in [-0.15, -0.1) is 0 Å². The number of carbonyl (C=O) groups excluding carboxylic acids is 1. The SMILES string of the molecule is CCN(c1ccc(NC(=O)CCC(C)(C)N)cc1)C(C)C. The molecule has 4 heteroatoms. The zero-order valence-electron chi connectivity index (χ0n) is 13.9. The van der Waals surface area contributed by atoms with Crippen molar-refractivity contribution in [1.82, 2.24) is 0 Å². The fourth-order valence-corrected chi connectivity index (χ4v) is 2.24. The molecule has 0 aliphatic rings. The van der Waals surface area contributed by atoms with Crippen LogP contribution >= 0.6 is 0 Å². The van der Waals surface area contributed by atoms with Gasteiger partial charge in [-0.2, -0.15) is 0 Å². The first-order valence-electron chi connectivity index (χ1n) is 7.68. The highest BCUT2D eigenvalue weighted by atomic mass is 16.1. The van der Waals surface area contributed by atoms with Crippen LogP contribution in [0.5, 0.6) is 0 Å². The van der Waals surface area contributed by atoms with Crippen molar-refractivity contribution in [3.8, 4) is 0 Å². The Morgan fingerprint density at radius 1 is 1.29 bits per heavy atom. The van der Waals surface area contributed by atoms with E-state index in [2.05, 4.69) is 31.0 Å². The highest BCUT2D eigenvalue weighted by molar-refractivity contribution is 5.90. The standard InChI is InChI=1S/C17H29N3O/c1-6-20(13(2)3)15-9-7-14(8-10-15)19-16(21)11-12-17(4,5)18/h7-10,13H,6,11-12,18H2,1-5H3,(H,19,21). The molecule has 0 saturated carbocycles. The monoisotopic (exact) mass is 291 g/mol. The second-order valence-electron chi connectivity index (χ2n) is 6.46. The molecular weight excluding hydrogens is 262 g/mol. The van der Waals surface area contributed by atoms with Gasteiger partial charge in [0, 0.05) is 35.9 Å². The van der Waals surface area contributed by atoms with Gasteiger partial charge >= 0.3 is 0 Å². The van der Waals surface area contributed by atoms with Crippen LogP contribution in [0.1, 0.15) is 47.5 Å². The van der Waals surface area contributed by atoms with E-state index in [1.807, 2.05) is 38.1 Å². The molecule has 0 atom stereocenters. The molecule has 0 fully saturated rings. The molecule has 118 valence electrons. The fraction of sp³-hybridized carbons (Fsp3) is 0.588. The van der Waals surface area contributed by atoms with Crippen LogP contribution in [0, 0.1) is 0 Å². The molecule has 0 spiro atoms. The van der Waals surface area contributed by atoms with Crippen LogP contribution < -0.4 is 16.0 Å². The van der Waals surface area contributed by atoms with Crippen LogP contribution in [0.3, 0.4) is 0 Å². The average Bonchev–Trinajstić information content (AvgIpc) is 2.38. The number of nitrogens with two attached hydrogens (primary N) is 1. The number of rotatable bonds is 7. The third-order valence-corrected chi connectivity index (χ3v) is 3.44. The van der Waals surface area contributed by atoms with Crippen molar-refractivity contribution in [2.75, 3.05) is 16.8 Å². The minimum atomic E-state index is -0.305. The van der Waals surface area contributed by atoms with Crippen LogP contribution in [-0.2, 0) is 4.79 Å². The zero-order valence-corrected chi connectivity index (χ0v) is 13.9. The van der Waals surface area contributed by atoms with E-state index in [1.165, 1.54) is 5.69 Å². The Labute approximate surface area is 128 Å². The summed E-state index contributed by atoms with van der Waals surface area (Å²) >= 11 is 0. The van der Waals surface area contributed by atoms with Gasteiger partial charge in [0.25, 0.3) is 0 Å². The van der Waals surface area contributed by atoms with Crippen molar-refractivity contribution in [3.05, 3.63) is 24.3 Å². The van der Waals surface area contributed by atoms with Gasteiger partial charge in [0.1, 0.15) is 0 Å². The summed E-state index contributed by atoms with van der Waals surface area (Å²) in [5.74, 6) is 0.0116. The Morgan fingerprint density at radius 2 is 1.86 bits per heavy atom. The largest absolute Gasteiger partial charge is 0.369 e. The lowest BCUT2D eigenvalue weighted by Gasteiger charge is -2.27. The first kappa shape index (κ1) is 17.5. The Hall–Kier alpha value is -1.55. The minimum absolute atomic E-state index is 0.0116. The van der Waals surface area contributed by atoms with Crippen LogP contribution in [0.4, 0.5) is 11.4 Å². The molecule has 0 unspecified atom stereocenters. The molecule has 0 saturated heterocycles. The molecule has 1 rings (SSSR count). The summed E-state index contributed by atoms with van der Waals surface area (Å²) < 4.78 is 0. The van der Waals surface area contributed by atoms with Gasteiger partial charge in [0.05, 0.1) is 0 Å². The van der Waals surface area contributed by atoms with Gasteiger partial charge < -0.3 is 16.0 Å². The topological polar surface area (TPSA) is 58.4 Å². The van der Waals surface area contributed by atoms with E-state index in [4.69, 9.17) is 5.73 Å². The summed E-state index contributed by atoms with van der Waals surface area (Å²) in [6.07, 6.45) is 1.12. The lowest BCUT2D eigenvalue weighted by molar-refractivity contribution is -0.116. The molecule has 0 bridgehead atoms. The first-order valence-corrected chi connectivity index (χ1v) is 7.68. The summed E-state index contributed by atoms with van der Waals surface area (Å²) in [6.45, 7) is 11.3. The summed E-state index contributed by atoms with van der Waals surface area (Å²) in [5.41, 5.74) is 7.59. The van der Waals surface area contributed by atoms with E-state index < -0.39 is 0 Å². The number of nitrogens with one attached hydrogen (secondary N) is 1. The molecule has 21 heavy (non-hydrogen) atoms. The number of hydrogen-bond donors (Lipinski definition) is 2. The van der Waals surface area contributed by atoms with Gasteiger partial charge in [0.2, 0.25) is 5.91 Å². The maximum Gasteiger partial charge on any atom is 0.224 e. The predicted molar refractivity (Wildman–Crippen MR) is 90.7 cm³/mol. The lowest BCUT2D eigenvalue weighted by Crippen LogP contribution is -2.33. The van der Waals surface area contributed by atoms with E-state index in [1.54, 1.807) is 0 Å². The number of nitrogens with zero attached hydrogens (tertiary/aromatic N) is 1. The molecule has 0 aliphatic carbocycles. The van der Waals surface area contributed by atoms with Crippen molar-refractivity contribution in [2.24, 2.45) is 5.73 Å². The van der Waals surface area contributed by atoms with Crippen molar-refractivity contribution in [3.63, 3.8) is 0 Å². The highest BCUT2D eigenvalue weighted by Gasteiger charge is 2.13. The molecule has 4 nitrogen and oxygen atoms in total. The smallest absolute Gasteiger partial charge is 0.224 e. The quantitative estimate of drug-likeness (QED) is 0.809. The van der Waals surface area contributed by atoms with Crippen LogP contribution in [-0.4, -0.2) is 24.0 Å². The number of carbonyl (C=O) groups is 1. The molecule has 1 aromatic rings. The van der Waals surface area contributed by atoms with Crippen molar-refractivity contribution in [1.29, 1.82) is 0 Å². The Balaban J connectivity index is 2.60. The average molecular weight is 291 g/mol. The van der Waals surface area contributed by atoms with Gasteiger partial charge in [-0.25, -0.2) is 0 Å². The molecule has 0 heterocycles. The van der Waals surface area contributed by atoms with E-state index in [0.29, 0.717) is 18.9 Å². The summed E-state index contributed by atoms with van der Waals surface area (Å²) in [6, 6.07) is 8.46. The molecule has 0 aromatic heterocycles. The van der Waals surface area contributed by atoms with Gasteiger partial charge in [-0.05, 0) is 65.3 Å². The van der Waals surface area contributed by atoms with Crippen molar-refractivity contribution < 1.29 is 4.79 Å². The van der Waals surface area contributed by atoms with Gasteiger partial charge in [-0.1, -0.05) is 0 Å². The maximum atomic E-state index is 11.9. The molecule has 1 amide bonds. The highest BCUT2D eigenvalue weighted by Crippen LogP contribution is 2.20. The Bertz CT molecular complexity index is 446.